The van der Waals surface area contributed by atoms with Gasteiger partial charge in [0.25, 0.3) is 0 Å². The lowest BCUT2D eigenvalue weighted by Gasteiger charge is -2.26. The van der Waals surface area contributed by atoms with E-state index in [0.29, 0.717) is 10.6 Å². The van der Waals surface area contributed by atoms with Gasteiger partial charge in [-0.2, -0.15) is 0 Å². The summed E-state index contributed by atoms with van der Waals surface area (Å²) in [6.07, 6.45) is 0. The Morgan fingerprint density at radius 3 is 2.33 bits per heavy atom. The zero-order chi connectivity index (χ0) is 13.3. The monoisotopic (exact) mass is 268 g/mol. The van der Waals surface area contributed by atoms with Crippen LogP contribution in [-0.2, 0) is 5.60 Å². The molecule has 18 heavy (non-hydrogen) atoms. The number of hydrogen-bond donors (Lipinski definition) is 1. The van der Waals surface area contributed by atoms with E-state index in [1.807, 2.05) is 0 Å². The average Bonchev–Trinajstić information content (AvgIpc) is 2.28. The molecule has 0 spiro atoms. The second-order valence-electron chi connectivity index (χ2n) is 4.18. The number of hydrogen-bond acceptors (Lipinski definition) is 1. The van der Waals surface area contributed by atoms with E-state index in [0.717, 1.165) is 12.1 Å². The van der Waals surface area contributed by atoms with Crippen LogP contribution in [0, 0.1) is 11.6 Å². The van der Waals surface area contributed by atoms with Gasteiger partial charge in [0.1, 0.15) is 17.2 Å². The van der Waals surface area contributed by atoms with E-state index in [1.165, 1.54) is 13.0 Å². The average molecular weight is 269 g/mol. The topological polar surface area (TPSA) is 20.2 Å². The minimum Gasteiger partial charge on any atom is -0.381 e. The molecule has 0 bridgehead atoms. The Morgan fingerprint density at radius 1 is 1.06 bits per heavy atom. The minimum atomic E-state index is -1.61. The lowest BCUT2D eigenvalue weighted by atomic mass is 9.88. The van der Waals surface area contributed by atoms with Crippen LogP contribution in [0.25, 0.3) is 0 Å². The van der Waals surface area contributed by atoms with Gasteiger partial charge >= 0.3 is 0 Å². The molecule has 0 saturated carbocycles. The summed E-state index contributed by atoms with van der Waals surface area (Å²) in [6.45, 7) is 1.42. The fourth-order valence-electron chi connectivity index (χ4n) is 1.89. The normalized spacial score (nSPS) is 14.3. The molecule has 4 heteroatoms. The summed E-state index contributed by atoms with van der Waals surface area (Å²) < 4.78 is 26.6. The Labute approximate surface area is 109 Å². The molecular weight excluding hydrogens is 258 g/mol. The number of halogens is 3. The molecule has 1 atom stereocenters. The van der Waals surface area contributed by atoms with Crippen molar-refractivity contribution in [2.24, 2.45) is 0 Å². The van der Waals surface area contributed by atoms with Crippen molar-refractivity contribution in [2.75, 3.05) is 0 Å². The lowest BCUT2D eigenvalue weighted by Crippen LogP contribution is -2.24. The summed E-state index contributed by atoms with van der Waals surface area (Å²) in [4.78, 5) is 0. The van der Waals surface area contributed by atoms with Crippen LogP contribution in [-0.4, -0.2) is 5.11 Å². The van der Waals surface area contributed by atoms with E-state index in [4.69, 9.17) is 11.6 Å². The standard InChI is InChI=1S/C14H11ClF2O/c1-14(18,10-4-2-3-5-12(10)15)11-7-6-9(16)8-13(11)17/h2-8,18H,1H3. The maximum absolute atomic E-state index is 13.7. The first-order valence-corrected chi connectivity index (χ1v) is 5.73. The van der Waals surface area contributed by atoms with E-state index in [1.54, 1.807) is 24.3 Å². The molecule has 0 saturated heterocycles. The Kier molecular flexibility index (Phi) is 3.37. The SMILES string of the molecule is CC(O)(c1ccc(F)cc1F)c1ccccc1Cl. The summed E-state index contributed by atoms with van der Waals surface area (Å²) >= 11 is 5.99. The summed E-state index contributed by atoms with van der Waals surface area (Å²) in [7, 11) is 0. The van der Waals surface area contributed by atoms with Crippen LogP contribution in [0.4, 0.5) is 8.78 Å². The quantitative estimate of drug-likeness (QED) is 0.876. The van der Waals surface area contributed by atoms with Gasteiger partial charge in [-0.05, 0) is 25.1 Å². The predicted octanol–water partition coefficient (Wildman–Crippen LogP) is 3.87. The largest absolute Gasteiger partial charge is 0.381 e. The Hall–Kier alpha value is -1.45. The van der Waals surface area contributed by atoms with Crippen LogP contribution in [0.3, 0.4) is 0 Å². The van der Waals surface area contributed by atoms with Crippen molar-refractivity contribution < 1.29 is 13.9 Å². The minimum absolute atomic E-state index is 0.0167. The van der Waals surface area contributed by atoms with E-state index in [-0.39, 0.29) is 5.56 Å². The molecule has 2 aromatic carbocycles. The molecule has 1 unspecified atom stereocenters. The van der Waals surface area contributed by atoms with Crippen molar-refractivity contribution in [3.8, 4) is 0 Å². The number of rotatable bonds is 2. The Balaban J connectivity index is 2.58. The smallest absolute Gasteiger partial charge is 0.132 e. The molecule has 2 rings (SSSR count). The van der Waals surface area contributed by atoms with E-state index in [2.05, 4.69) is 0 Å². The first-order valence-electron chi connectivity index (χ1n) is 5.36. The maximum atomic E-state index is 13.7. The van der Waals surface area contributed by atoms with E-state index in [9.17, 15) is 13.9 Å². The molecule has 0 aromatic heterocycles. The molecule has 1 nitrogen and oxygen atoms in total. The first-order chi connectivity index (χ1) is 8.43. The molecular formula is C14H11ClF2O. The zero-order valence-corrected chi connectivity index (χ0v) is 10.4. The van der Waals surface area contributed by atoms with Crippen LogP contribution < -0.4 is 0 Å². The van der Waals surface area contributed by atoms with Gasteiger partial charge < -0.3 is 5.11 Å². The zero-order valence-electron chi connectivity index (χ0n) is 9.62. The van der Waals surface area contributed by atoms with E-state index >= 15 is 0 Å². The van der Waals surface area contributed by atoms with Gasteiger partial charge in [-0.3, -0.25) is 0 Å². The third kappa shape index (κ3) is 2.24. The van der Waals surface area contributed by atoms with Crippen LogP contribution in [0.2, 0.25) is 5.02 Å². The second kappa shape index (κ2) is 4.67. The third-order valence-electron chi connectivity index (χ3n) is 2.85. The molecule has 0 aliphatic rings. The predicted molar refractivity (Wildman–Crippen MR) is 66.5 cm³/mol. The van der Waals surface area contributed by atoms with Gasteiger partial charge in [-0.15, -0.1) is 0 Å². The van der Waals surface area contributed by atoms with Gasteiger partial charge in [0.15, 0.2) is 0 Å². The summed E-state index contributed by atoms with van der Waals surface area (Å²) in [5, 5.41) is 10.8. The number of aliphatic hydroxyl groups is 1. The molecule has 0 radical (unpaired) electrons. The molecule has 0 aliphatic carbocycles. The maximum Gasteiger partial charge on any atom is 0.132 e. The van der Waals surface area contributed by atoms with Crippen molar-refractivity contribution in [1.82, 2.24) is 0 Å². The summed E-state index contributed by atoms with van der Waals surface area (Å²) in [5.41, 5.74) is -1.26. The van der Waals surface area contributed by atoms with Gasteiger partial charge in [0.2, 0.25) is 0 Å². The highest BCUT2D eigenvalue weighted by Crippen LogP contribution is 2.35. The van der Waals surface area contributed by atoms with Crippen molar-refractivity contribution >= 4 is 11.6 Å². The molecule has 1 N–H and O–H groups in total. The summed E-state index contributed by atoms with van der Waals surface area (Å²) in [6, 6.07) is 9.66. The highest BCUT2D eigenvalue weighted by atomic mass is 35.5. The second-order valence-corrected chi connectivity index (χ2v) is 4.58. The van der Waals surface area contributed by atoms with Crippen molar-refractivity contribution in [3.63, 3.8) is 0 Å². The van der Waals surface area contributed by atoms with Gasteiger partial charge in [-0.25, -0.2) is 8.78 Å². The Morgan fingerprint density at radius 2 is 1.72 bits per heavy atom. The molecule has 2 aromatic rings. The molecule has 0 amide bonds. The van der Waals surface area contributed by atoms with Gasteiger partial charge in [0.05, 0.1) is 0 Å². The van der Waals surface area contributed by atoms with Gasteiger partial charge in [-0.1, -0.05) is 29.8 Å². The number of benzene rings is 2. The Bertz CT molecular complexity index is 582. The highest BCUT2D eigenvalue weighted by molar-refractivity contribution is 6.31. The lowest BCUT2D eigenvalue weighted by molar-refractivity contribution is 0.0979. The van der Waals surface area contributed by atoms with Crippen LogP contribution in [0.5, 0.6) is 0 Å². The molecule has 0 fully saturated rings. The van der Waals surface area contributed by atoms with E-state index < -0.39 is 17.2 Å². The fraction of sp³-hybridized carbons (Fsp3) is 0.143. The van der Waals surface area contributed by atoms with Crippen molar-refractivity contribution in [2.45, 2.75) is 12.5 Å². The fourth-order valence-corrected chi connectivity index (χ4v) is 2.21. The van der Waals surface area contributed by atoms with Gasteiger partial charge in [0, 0.05) is 22.2 Å². The third-order valence-corrected chi connectivity index (χ3v) is 3.18. The van der Waals surface area contributed by atoms with Crippen molar-refractivity contribution in [3.05, 3.63) is 70.2 Å². The molecule has 94 valence electrons. The summed E-state index contributed by atoms with van der Waals surface area (Å²) in [5.74, 6) is -1.49. The van der Waals surface area contributed by atoms with Crippen LogP contribution in [0.15, 0.2) is 42.5 Å². The highest BCUT2D eigenvalue weighted by Gasteiger charge is 2.30. The molecule has 0 aliphatic heterocycles. The van der Waals surface area contributed by atoms with Crippen molar-refractivity contribution in [1.29, 1.82) is 0 Å². The van der Waals surface area contributed by atoms with Crippen LogP contribution >= 0.6 is 11.6 Å². The molecule has 0 heterocycles. The van der Waals surface area contributed by atoms with Crippen LogP contribution in [0.1, 0.15) is 18.1 Å². The first kappa shape index (κ1) is 13.0.